The first-order chi connectivity index (χ1) is 9.58. The summed E-state index contributed by atoms with van der Waals surface area (Å²) in [5.41, 5.74) is -0.0482. The number of amides is 2. The van der Waals surface area contributed by atoms with Crippen LogP contribution in [0.4, 0.5) is 19.3 Å². The van der Waals surface area contributed by atoms with Crippen molar-refractivity contribution in [3.8, 4) is 0 Å². The summed E-state index contributed by atoms with van der Waals surface area (Å²) in [4.78, 5) is 11.7. The van der Waals surface area contributed by atoms with Gasteiger partial charge in [-0.1, -0.05) is 0 Å². The molecule has 1 fully saturated rings. The van der Waals surface area contributed by atoms with E-state index in [-0.39, 0.29) is 18.3 Å². The van der Waals surface area contributed by atoms with Gasteiger partial charge in [-0.05, 0) is 43.7 Å². The Bertz CT molecular complexity index is 474. The minimum atomic E-state index is -0.802. The van der Waals surface area contributed by atoms with E-state index < -0.39 is 17.7 Å². The maximum Gasteiger partial charge on any atom is 0.319 e. The summed E-state index contributed by atoms with van der Waals surface area (Å²) in [6.07, 6.45) is 3.33. The fourth-order valence-corrected chi connectivity index (χ4v) is 2.42. The van der Waals surface area contributed by atoms with Crippen LogP contribution in [0.3, 0.4) is 0 Å². The van der Waals surface area contributed by atoms with E-state index >= 15 is 0 Å². The molecule has 0 saturated heterocycles. The van der Waals surface area contributed by atoms with Crippen molar-refractivity contribution in [3.63, 3.8) is 0 Å². The topological polar surface area (TPSA) is 61.4 Å². The lowest BCUT2D eigenvalue weighted by molar-refractivity contribution is 0.176. The van der Waals surface area contributed by atoms with Crippen LogP contribution < -0.4 is 10.6 Å². The maximum absolute atomic E-state index is 13.4. The Balaban J connectivity index is 1.84. The van der Waals surface area contributed by atoms with Crippen LogP contribution in [0.5, 0.6) is 0 Å². The number of benzene rings is 1. The van der Waals surface area contributed by atoms with Crippen molar-refractivity contribution in [2.75, 3.05) is 11.9 Å². The molecule has 1 aromatic rings. The summed E-state index contributed by atoms with van der Waals surface area (Å²) in [5, 5.41) is 14.2. The van der Waals surface area contributed by atoms with Crippen LogP contribution in [-0.4, -0.2) is 23.8 Å². The standard InChI is InChI=1S/C14H18F2N2O2/c15-10-3-6-13(12(16)7-10)18-14(20)17-11-4-1-9(8-19)2-5-11/h3,6-7,9,11,19H,1-2,4-5,8H2,(H2,17,18,20). The second-order valence-electron chi connectivity index (χ2n) is 5.12. The second-order valence-corrected chi connectivity index (χ2v) is 5.12. The zero-order valence-electron chi connectivity index (χ0n) is 11.0. The SMILES string of the molecule is O=C(Nc1ccc(F)cc1F)NC1CCC(CO)CC1. The number of hydrogen-bond donors (Lipinski definition) is 3. The number of aliphatic hydroxyl groups excluding tert-OH is 1. The van der Waals surface area contributed by atoms with E-state index in [2.05, 4.69) is 10.6 Å². The van der Waals surface area contributed by atoms with Gasteiger partial charge in [-0.25, -0.2) is 13.6 Å². The molecule has 6 heteroatoms. The van der Waals surface area contributed by atoms with Crippen LogP contribution in [0.2, 0.25) is 0 Å². The van der Waals surface area contributed by atoms with Crippen LogP contribution >= 0.6 is 0 Å². The highest BCUT2D eigenvalue weighted by atomic mass is 19.1. The van der Waals surface area contributed by atoms with Gasteiger partial charge in [0.2, 0.25) is 0 Å². The lowest BCUT2D eigenvalue weighted by atomic mass is 9.87. The van der Waals surface area contributed by atoms with Gasteiger partial charge in [-0.15, -0.1) is 0 Å². The van der Waals surface area contributed by atoms with Gasteiger partial charge in [-0.3, -0.25) is 0 Å². The van der Waals surface area contributed by atoms with Crippen molar-refractivity contribution in [3.05, 3.63) is 29.8 Å². The molecule has 2 amide bonds. The average Bonchev–Trinajstić information content (AvgIpc) is 2.43. The third kappa shape index (κ3) is 3.90. The van der Waals surface area contributed by atoms with Crippen molar-refractivity contribution in [2.45, 2.75) is 31.7 Å². The molecule has 20 heavy (non-hydrogen) atoms. The van der Waals surface area contributed by atoms with Gasteiger partial charge in [0, 0.05) is 18.7 Å². The number of nitrogens with one attached hydrogen (secondary N) is 2. The Morgan fingerprint density at radius 1 is 1.25 bits per heavy atom. The van der Waals surface area contributed by atoms with Gasteiger partial charge < -0.3 is 15.7 Å². The first kappa shape index (κ1) is 14.7. The molecule has 0 aromatic heterocycles. The molecule has 1 aliphatic rings. The van der Waals surface area contributed by atoms with Gasteiger partial charge in [0.15, 0.2) is 0 Å². The molecule has 1 aromatic carbocycles. The van der Waals surface area contributed by atoms with E-state index in [1.54, 1.807) is 0 Å². The number of halogens is 2. The summed E-state index contributed by atoms with van der Waals surface area (Å²) >= 11 is 0. The molecule has 0 heterocycles. The Labute approximate surface area is 116 Å². The highest BCUT2D eigenvalue weighted by Crippen LogP contribution is 2.23. The normalized spacial score (nSPS) is 22.4. The van der Waals surface area contributed by atoms with E-state index in [4.69, 9.17) is 5.11 Å². The van der Waals surface area contributed by atoms with Gasteiger partial charge in [-0.2, -0.15) is 0 Å². The number of aliphatic hydroxyl groups is 1. The Kier molecular flexibility index (Phi) is 4.89. The molecule has 2 rings (SSSR count). The third-order valence-corrected chi connectivity index (χ3v) is 3.62. The second kappa shape index (κ2) is 6.65. The number of urea groups is 1. The summed E-state index contributed by atoms with van der Waals surface area (Å²) in [7, 11) is 0. The molecular formula is C14H18F2N2O2. The van der Waals surface area contributed by atoms with Gasteiger partial charge >= 0.3 is 6.03 Å². The number of anilines is 1. The first-order valence-corrected chi connectivity index (χ1v) is 6.72. The third-order valence-electron chi connectivity index (χ3n) is 3.62. The predicted molar refractivity (Wildman–Crippen MR) is 71.3 cm³/mol. The van der Waals surface area contributed by atoms with Gasteiger partial charge in [0.05, 0.1) is 5.69 Å². The molecule has 0 atom stereocenters. The van der Waals surface area contributed by atoms with E-state index in [9.17, 15) is 13.6 Å². The largest absolute Gasteiger partial charge is 0.396 e. The van der Waals surface area contributed by atoms with Crippen molar-refractivity contribution >= 4 is 11.7 Å². The van der Waals surface area contributed by atoms with Crippen molar-refractivity contribution in [1.29, 1.82) is 0 Å². The fraction of sp³-hybridized carbons (Fsp3) is 0.500. The zero-order chi connectivity index (χ0) is 14.5. The lowest BCUT2D eigenvalue weighted by Gasteiger charge is -2.27. The Morgan fingerprint density at radius 3 is 2.55 bits per heavy atom. The molecule has 0 unspecified atom stereocenters. The molecule has 1 saturated carbocycles. The maximum atomic E-state index is 13.4. The van der Waals surface area contributed by atoms with Crippen molar-refractivity contribution in [1.82, 2.24) is 5.32 Å². The highest BCUT2D eigenvalue weighted by molar-refractivity contribution is 5.89. The number of carbonyl (C=O) groups is 1. The molecular weight excluding hydrogens is 266 g/mol. The predicted octanol–water partition coefficient (Wildman–Crippen LogP) is 2.64. The summed E-state index contributed by atoms with van der Waals surface area (Å²) in [6.45, 7) is 0.180. The molecule has 0 radical (unpaired) electrons. The quantitative estimate of drug-likeness (QED) is 0.799. The van der Waals surface area contributed by atoms with Gasteiger partial charge in [0.1, 0.15) is 11.6 Å². The number of carbonyl (C=O) groups excluding carboxylic acids is 1. The lowest BCUT2D eigenvalue weighted by Crippen LogP contribution is -2.40. The van der Waals surface area contributed by atoms with Crippen molar-refractivity contribution in [2.24, 2.45) is 5.92 Å². The van der Waals surface area contributed by atoms with E-state index in [1.807, 2.05) is 0 Å². The minimum absolute atomic E-state index is 0.0290. The summed E-state index contributed by atoms with van der Waals surface area (Å²) in [5.74, 6) is -1.18. The molecule has 1 aliphatic carbocycles. The Morgan fingerprint density at radius 2 is 1.95 bits per heavy atom. The molecule has 0 bridgehead atoms. The monoisotopic (exact) mass is 284 g/mol. The fourth-order valence-electron chi connectivity index (χ4n) is 2.42. The first-order valence-electron chi connectivity index (χ1n) is 6.72. The highest BCUT2D eigenvalue weighted by Gasteiger charge is 2.22. The molecule has 110 valence electrons. The van der Waals surface area contributed by atoms with Crippen molar-refractivity contribution < 1.29 is 18.7 Å². The molecule has 0 aliphatic heterocycles. The summed E-state index contributed by atoms with van der Waals surface area (Å²) in [6, 6.07) is 2.53. The smallest absolute Gasteiger partial charge is 0.319 e. The number of hydrogen-bond acceptors (Lipinski definition) is 2. The number of rotatable bonds is 3. The minimum Gasteiger partial charge on any atom is -0.396 e. The van der Waals surface area contributed by atoms with Crippen LogP contribution in [0.1, 0.15) is 25.7 Å². The summed E-state index contributed by atoms with van der Waals surface area (Å²) < 4.78 is 26.1. The van der Waals surface area contributed by atoms with E-state index in [0.29, 0.717) is 5.92 Å². The van der Waals surface area contributed by atoms with Crippen LogP contribution in [0, 0.1) is 17.6 Å². The van der Waals surface area contributed by atoms with Crippen LogP contribution in [0.15, 0.2) is 18.2 Å². The van der Waals surface area contributed by atoms with Crippen LogP contribution in [0.25, 0.3) is 0 Å². The molecule has 0 spiro atoms. The average molecular weight is 284 g/mol. The van der Waals surface area contributed by atoms with Gasteiger partial charge in [0.25, 0.3) is 0 Å². The van der Waals surface area contributed by atoms with E-state index in [1.165, 1.54) is 6.07 Å². The van der Waals surface area contributed by atoms with Crippen LogP contribution in [-0.2, 0) is 0 Å². The van der Waals surface area contributed by atoms with E-state index in [0.717, 1.165) is 37.8 Å². The molecule has 3 N–H and O–H groups in total. The Hall–Kier alpha value is -1.69. The zero-order valence-corrected chi connectivity index (χ0v) is 11.0. The molecule has 4 nitrogen and oxygen atoms in total.